The SMILES string of the molecule is CCCCNC(=O)C(c1cccc(C)c1C)N(C(=O)C(C)NC(=O)OC(C)(C)C)C(C)CC. The van der Waals surface area contributed by atoms with Gasteiger partial charge in [-0.3, -0.25) is 9.59 Å². The summed E-state index contributed by atoms with van der Waals surface area (Å²) in [6.07, 6.45) is 1.82. The van der Waals surface area contributed by atoms with E-state index in [0.717, 1.165) is 29.5 Å². The van der Waals surface area contributed by atoms with Crippen LogP contribution in [0.3, 0.4) is 0 Å². The highest BCUT2D eigenvalue weighted by atomic mass is 16.6. The van der Waals surface area contributed by atoms with E-state index < -0.39 is 23.8 Å². The Morgan fingerprint density at radius 3 is 2.27 bits per heavy atom. The number of aryl methyl sites for hydroxylation is 1. The van der Waals surface area contributed by atoms with Crippen molar-refractivity contribution in [1.29, 1.82) is 0 Å². The average molecular weight is 462 g/mol. The van der Waals surface area contributed by atoms with Crippen LogP contribution in [0.25, 0.3) is 0 Å². The number of rotatable bonds is 10. The first-order valence-electron chi connectivity index (χ1n) is 12.0. The predicted molar refractivity (Wildman–Crippen MR) is 132 cm³/mol. The Morgan fingerprint density at radius 1 is 1.09 bits per heavy atom. The Hall–Kier alpha value is -2.57. The normalized spacial score (nSPS) is 14.1. The highest BCUT2D eigenvalue weighted by Crippen LogP contribution is 2.29. The van der Waals surface area contributed by atoms with Gasteiger partial charge in [0.1, 0.15) is 17.7 Å². The topological polar surface area (TPSA) is 87.7 Å². The van der Waals surface area contributed by atoms with Crippen molar-refractivity contribution < 1.29 is 19.1 Å². The van der Waals surface area contributed by atoms with Crippen molar-refractivity contribution in [2.24, 2.45) is 0 Å². The van der Waals surface area contributed by atoms with E-state index in [4.69, 9.17) is 4.74 Å². The Balaban J connectivity index is 3.39. The third-order valence-corrected chi connectivity index (χ3v) is 5.72. The van der Waals surface area contributed by atoms with E-state index in [-0.39, 0.29) is 17.9 Å². The Morgan fingerprint density at radius 2 is 1.73 bits per heavy atom. The minimum atomic E-state index is -0.857. The van der Waals surface area contributed by atoms with Crippen LogP contribution in [-0.4, -0.2) is 47.0 Å². The Bertz CT molecular complexity index is 816. The summed E-state index contributed by atoms with van der Waals surface area (Å²) in [5.74, 6) is -0.540. The summed E-state index contributed by atoms with van der Waals surface area (Å²) in [6.45, 7) is 17.4. The molecule has 0 aliphatic heterocycles. The predicted octanol–water partition coefficient (Wildman–Crippen LogP) is 4.80. The molecule has 0 fully saturated rings. The third-order valence-electron chi connectivity index (χ3n) is 5.72. The molecule has 0 aliphatic rings. The molecule has 0 aliphatic carbocycles. The van der Waals surface area contributed by atoms with Gasteiger partial charge < -0.3 is 20.3 Å². The highest BCUT2D eigenvalue weighted by molar-refractivity contribution is 5.92. The number of carbonyl (C=O) groups is 3. The summed E-state index contributed by atoms with van der Waals surface area (Å²) >= 11 is 0. The molecule has 0 heterocycles. The molecule has 0 saturated heterocycles. The van der Waals surface area contributed by atoms with Gasteiger partial charge in [0.05, 0.1) is 0 Å². The zero-order chi connectivity index (χ0) is 25.3. The summed E-state index contributed by atoms with van der Waals surface area (Å²) < 4.78 is 5.32. The quantitative estimate of drug-likeness (QED) is 0.490. The van der Waals surface area contributed by atoms with Gasteiger partial charge in [-0.1, -0.05) is 38.5 Å². The van der Waals surface area contributed by atoms with E-state index in [1.54, 1.807) is 32.6 Å². The molecule has 1 aromatic rings. The number of amides is 3. The molecule has 0 radical (unpaired) electrons. The zero-order valence-electron chi connectivity index (χ0n) is 21.9. The average Bonchev–Trinajstić information content (AvgIpc) is 2.72. The molecular formula is C26H43N3O4. The maximum atomic E-state index is 13.7. The summed E-state index contributed by atoms with van der Waals surface area (Å²) in [6, 6.07) is 3.93. The number of hydrogen-bond acceptors (Lipinski definition) is 4. The lowest BCUT2D eigenvalue weighted by Crippen LogP contribution is -2.54. The second-order valence-electron chi connectivity index (χ2n) is 9.71. The van der Waals surface area contributed by atoms with E-state index in [0.29, 0.717) is 13.0 Å². The van der Waals surface area contributed by atoms with Crippen LogP contribution in [0.4, 0.5) is 4.79 Å². The molecule has 3 amide bonds. The smallest absolute Gasteiger partial charge is 0.408 e. The second-order valence-corrected chi connectivity index (χ2v) is 9.71. The van der Waals surface area contributed by atoms with Gasteiger partial charge in [-0.2, -0.15) is 0 Å². The number of nitrogens with zero attached hydrogens (tertiary/aromatic N) is 1. The van der Waals surface area contributed by atoms with Gasteiger partial charge in [-0.15, -0.1) is 0 Å². The monoisotopic (exact) mass is 461 g/mol. The lowest BCUT2D eigenvalue weighted by molar-refractivity contribution is -0.144. The molecule has 0 spiro atoms. The molecule has 0 bridgehead atoms. The molecule has 7 nitrogen and oxygen atoms in total. The summed E-state index contributed by atoms with van der Waals surface area (Å²) in [5, 5.41) is 5.64. The molecule has 0 aromatic heterocycles. The van der Waals surface area contributed by atoms with E-state index in [1.807, 2.05) is 45.9 Å². The molecule has 3 unspecified atom stereocenters. The van der Waals surface area contributed by atoms with E-state index in [9.17, 15) is 14.4 Å². The van der Waals surface area contributed by atoms with Crippen LogP contribution in [0.1, 0.15) is 90.5 Å². The largest absolute Gasteiger partial charge is 0.444 e. The van der Waals surface area contributed by atoms with Gasteiger partial charge in [-0.05, 0) is 78.0 Å². The van der Waals surface area contributed by atoms with Crippen molar-refractivity contribution in [3.8, 4) is 0 Å². The summed E-state index contributed by atoms with van der Waals surface area (Å²) in [4.78, 5) is 41.0. The molecule has 3 atom stereocenters. The minimum absolute atomic E-state index is 0.213. The second kappa shape index (κ2) is 12.6. The number of ether oxygens (including phenoxy) is 1. The van der Waals surface area contributed by atoms with E-state index >= 15 is 0 Å². The van der Waals surface area contributed by atoms with Gasteiger partial charge in [0.15, 0.2) is 0 Å². The lowest BCUT2D eigenvalue weighted by atomic mass is 9.94. The van der Waals surface area contributed by atoms with Crippen LogP contribution in [-0.2, 0) is 14.3 Å². The van der Waals surface area contributed by atoms with E-state index in [2.05, 4.69) is 17.6 Å². The first kappa shape index (κ1) is 28.5. The highest BCUT2D eigenvalue weighted by Gasteiger charge is 2.37. The number of alkyl carbamates (subject to hydrolysis) is 1. The van der Waals surface area contributed by atoms with Gasteiger partial charge in [-0.25, -0.2) is 4.79 Å². The van der Waals surface area contributed by atoms with Crippen LogP contribution >= 0.6 is 0 Å². The number of carbonyl (C=O) groups excluding carboxylic acids is 3. The van der Waals surface area contributed by atoms with Crippen LogP contribution in [0.5, 0.6) is 0 Å². The number of hydrogen-bond donors (Lipinski definition) is 2. The molecule has 33 heavy (non-hydrogen) atoms. The maximum Gasteiger partial charge on any atom is 0.408 e. The van der Waals surface area contributed by atoms with Crippen LogP contribution in [0.15, 0.2) is 18.2 Å². The fourth-order valence-corrected chi connectivity index (χ4v) is 3.54. The molecule has 1 aromatic carbocycles. The van der Waals surface area contributed by atoms with Crippen molar-refractivity contribution in [2.75, 3.05) is 6.54 Å². The van der Waals surface area contributed by atoms with Gasteiger partial charge in [0.2, 0.25) is 11.8 Å². The first-order valence-corrected chi connectivity index (χ1v) is 12.0. The van der Waals surface area contributed by atoms with Gasteiger partial charge in [0, 0.05) is 12.6 Å². The Kier molecular flexibility index (Phi) is 10.9. The number of benzene rings is 1. The maximum absolute atomic E-state index is 13.7. The molecule has 186 valence electrons. The van der Waals surface area contributed by atoms with Crippen LogP contribution in [0, 0.1) is 13.8 Å². The fourth-order valence-electron chi connectivity index (χ4n) is 3.54. The third kappa shape index (κ3) is 8.37. The van der Waals surface area contributed by atoms with Crippen LogP contribution < -0.4 is 10.6 Å². The van der Waals surface area contributed by atoms with Crippen molar-refractivity contribution in [2.45, 2.75) is 105 Å². The van der Waals surface area contributed by atoms with Crippen molar-refractivity contribution in [1.82, 2.24) is 15.5 Å². The lowest BCUT2D eigenvalue weighted by Gasteiger charge is -2.38. The van der Waals surface area contributed by atoms with Crippen molar-refractivity contribution >= 4 is 17.9 Å². The van der Waals surface area contributed by atoms with Crippen LogP contribution in [0.2, 0.25) is 0 Å². The van der Waals surface area contributed by atoms with Gasteiger partial charge in [0.25, 0.3) is 0 Å². The van der Waals surface area contributed by atoms with Crippen molar-refractivity contribution in [3.63, 3.8) is 0 Å². The number of nitrogens with one attached hydrogen (secondary N) is 2. The summed E-state index contributed by atoms with van der Waals surface area (Å²) in [5.41, 5.74) is 2.14. The standard InChI is InChI=1S/C26H43N3O4/c1-10-12-16-27-23(30)22(21-15-13-14-17(3)19(21)5)29(18(4)11-2)24(31)20(6)28-25(32)33-26(7,8)9/h13-15,18,20,22H,10-12,16H2,1-9H3,(H,27,30)(H,28,32). The van der Waals surface area contributed by atoms with E-state index in [1.165, 1.54) is 0 Å². The molecule has 7 heteroatoms. The molecule has 0 saturated carbocycles. The van der Waals surface area contributed by atoms with Crippen molar-refractivity contribution in [3.05, 3.63) is 34.9 Å². The molecule has 2 N–H and O–H groups in total. The van der Waals surface area contributed by atoms with Gasteiger partial charge >= 0.3 is 6.09 Å². The number of unbranched alkanes of at least 4 members (excludes halogenated alkanes) is 1. The first-order chi connectivity index (χ1) is 15.3. The zero-order valence-corrected chi connectivity index (χ0v) is 21.9. The summed E-state index contributed by atoms with van der Waals surface area (Å²) in [7, 11) is 0. The fraction of sp³-hybridized carbons (Fsp3) is 0.654. The Labute approximate surface area is 199 Å². The molecular weight excluding hydrogens is 418 g/mol. The molecule has 1 rings (SSSR count). The minimum Gasteiger partial charge on any atom is -0.444 e.